The van der Waals surface area contributed by atoms with Gasteiger partial charge in [-0.3, -0.25) is 19.2 Å². The van der Waals surface area contributed by atoms with Crippen molar-refractivity contribution in [2.45, 2.75) is 228 Å². The van der Waals surface area contributed by atoms with Crippen LogP contribution in [0.1, 0.15) is 160 Å². The van der Waals surface area contributed by atoms with Crippen LogP contribution in [0.5, 0.6) is 0 Å². The van der Waals surface area contributed by atoms with Gasteiger partial charge in [-0.1, -0.05) is 220 Å². The van der Waals surface area contributed by atoms with Crippen molar-refractivity contribution in [2.24, 2.45) is 33.8 Å². The molecule has 20 nitrogen and oxygen atoms in total. The fourth-order valence-corrected chi connectivity index (χ4v) is 22.2. The molecule has 127 heavy (non-hydrogen) atoms. The van der Waals surface area contributed by atoms with Gasteiger partial charge in [0.15, 0.2) is 19.7 Å². The number of carbonyl (C=O) groups is 7. The van der Waals surface area contributed by atoms with Crippen molar-refractivity contribution in [1.29, 1.82) is 0 Å². The Hall–Kier alpha value is -5.09. The molecule has 7 aromatic rings. The summed E-state index contributed by atoms with van der Waals surface area (Å²) in [5.74, 6) is -2.78. The van der Waals surface area contributed by atoms with E-state index in [2.05, 4.69) is 89.7 Å². The molecule has 3 radical (unpaired) electrons. The number of sulfone groups is 2. The fraction of sp³-hybridized carbons (Fsp3) is 0.475. The molecular weight excluding hydrogens is 1910 g/mol. The van der Waals surface area contributed by atoms with Crippen LogP contribution in [0.3, 0.4) is 0 Å². The first kappa shape index (κ1) is 114. The number of nitrogens with two attached hydrogens (primary N) is 1. The minimum absolute atomic E-state index is 0. The van der Waals surface area contributed by atoms with Crippen LogP contribution in [-0.4, -0.2) is 172 Å². The van der Waals surface area contributed by atoms with Crippen molar-refractivity contribution < 1.29 is 158 Å². The number of rotatable bonds is 24. The Morgan fingerprint density at radius 3 is 1.12 bits per heavy atom. The van der Waals surface area contributed by atoms with E-state index in [9.17, 15) is 50.4 Å². The van der Waals surface area contributed by atoms with Crippen LogP contribution in [0.15, 0.2) is 191 Å². The Morgan fingerprint density at radius 1 is 0.457 bits per heavy atom. The minimum atomic E-state index is -3.74. The Kier molecular flexibility index (Phi) is 46.2. The van der Waals surface area contributed by atoms with E-state index in [0.717, 1.165) is 67.9 Å². The maximum Gasteiger partial charge on any atom is 0.239 e. The molecule has 3 N–H and O–H groups in total. The molecule has 3 unspecified atom stereocenters. The molecule has 6 aliphatic rings. The predicted octanol–water partition coefficient (Wildman–Crippen LogP) is 19.0. The summed E-state index contributed by atoms with van der Waals surface area (Å²) >= 11 is 1.21. The molecule has 12 atom stereocenters. The summed E-state index contributed by atoms with van der Waals surface area (Å²) in [5, 5.41) is 8.25. The van der Waals surface area contributed by atoms with Crippen LogP contribution in [0.4, 0.5) is 0 Å². The van der Waals surface area contributed by atoms with Crippen molar-refractivity contribution in [3.05, 3.63) is 269 Å². The molecule has 0 spiro atoms. The molecule has 0 aromatic heterocycles. The number of carbonyl (C=O) groups excluding carboxylic acids is 7. The molecule has 0 saturated carbocycles. The monoisotopic (exact) mass is 2050 g/mol. The van der Waals surface area contributed by atoms with Crippen molar-refractivity contribution in [3.8, 4) is 0 Å². The van der Waals surface area contributed by atoms with Crippen LogP contribution >= 0.6 is 11.8 Å². The zero-order chi connectivity index (χ0) is 92.0. The summed E-state index contributed by atoms with van der Waals surface area (Å²) in [4.78, 5) is 93.9. The quantitative estimate of drug-likeness (QED) is 0.0254. The van der Waals surface area contributed by atoms with Gasteiger partial charge >= 0.3 is 0 Å². The average molecular weight is 2050 g/mol. The van der Waals surface area contributed by atoms with Crippen molar-refractivity contribution in [2.75, 3.05) is 59.3 Å². The third kappa shape index (κ3) is 31.2. The second-order valence-electron chi connectivity index (χ2n) is 35.8. The zero-order valence-corrected chi connectivity index (χ0v) is 91.1. The summed E-state index contributed by atoms with van der Waals surface area (Å²) in [5.41, 5.74) is 20.2. The first-order valence-corrected chi connectivity index (χ1v) is 55.2. The van der Waals surface area contributed by atoms with Gasteiger partial charge in [0, 0.05) is 213 Å². The SMILES string of the molecule is CC.CC.CC.C[C@@H]1[C@H](c2ccccc2)C[C@H](N)C(=O)N1C.[CH2-]C1(C(=O)[N-]COCC[Si](C)(C)C)Cc2ccc(S(=O)(=O)C[C@H]3C[C@@H](c4ccccc4)[C@@H](C)N(C)C3=O)cc2C1.[CH2-]C1(C(=O)[N-]COCC[Si](C)(C)C)Cc2ccc(SC(=O)c3ccccc3)cc2C1.[CH2-]C1(C([NH-])=O)Cc2ccc(S(=O)(=O)C[C@H]3C[C@@H](c4ccccc4)[C@@H](C)N(C)C3=O)cc2C1.[Y].[Y].[Y]. The van der Waals surface area contributed by atoms with Crippen molar-refractivity contribution in [1.82, 2.24) is 14.7 Å². The van der Waals surface area contributed by atoms with Gasteiger partial charge < -0.3 is 81.4 Å². The number of amides is 6. The number of piperidine rings is 3. The molecular formula is C99H135N7O13S3Si2Y3-6. The Balaban J connectivity index is 0.000000356. The van der Waals surface area contributed by atoms with Gasteiger partial charge in [0.1, 0.15) is 0 Å². The number of fused-ring (bicyclic) bond motifs is 3. The maximum absolute atomic E-state index is 13.6. The number of likely N-dealkylation sites (tertiary alicyclic amines) is 3. The maximum atomic E-state index is 13.6. The average Bonchev–Trinajstić information content (AvgIpc) is 1.70. The first-order valence-electron chi connectivity index (χ1n) is 43.7. The van der Waals surface area contributed by atoms with Gasteiger partial charge in [-0.15, -0.1) is 16.2 Å². The standard InChI is InChI=1S/C31H43N2O5SSi.C25H29N2O4S.C24H30NO3SSi.C13H18N2O.3C2H6.3Y/c1-22-28(23-10-8-7-9-11-23)17-26(29(34)33(22)3)20-39(36,37)27-13-12-24-18-31(2,19-25(24)16-27)30(35)32-21-38-14-15-40(4,5)6;1-16-22(17-7-5-4-6-8-17)12-20(23(28)27(16)3)15-32(30,31)21-10-9-18-13-25(2,24(26)29)14-19(18)11-21;1-24(23(27)25-17-28-12-13-30(2,3)4)15-19-10-11-21(14-20(19)16-24)29-22(26)18-8-6-5-7-9-18;1-9-11(10-6-4-3-5-7-10)8-12(14)13(16)15(9)2;3*1-2;;;/h7-13,16,22,26,28H,2,14-15,17-21H2,1,3-6H3,(H,32,35);4-11,16,20,22H,2,12-15H2,1,3H3,(H2,26,29);5-11,14H,1,12-13,15-17H2,2-4H3,(H,25,27);3-7,9,11-12H,8,14H2,1-2H3;3*1-2H3;;;/q3*-1;;;;;;;/p-3/t22-,26-,28-,31?;16-,20-,22-,25?;;9-,11-,12+;;;;;;/m11.1....../s1. The fourth-order valence-electron chi connectivity index (χ4n) is 16.7. The van der Waals surface area contributed by atoms with E-state index in [1.165, 1.54) is 17.3 Å². The molecule has 3 fully saturated rings. The van der Waals surface area contributed by atoms with Crippen LogP contribution in [-0.2, 0) is 195 Å². The van der Waals surface area contributed by atoms with E-state index in [0.29, 0.717) is 69.6 Å². The molecule has 0 bridgehead atoms. The number of likely N-dealkylation sites (N-methyl/N-ethyl adjacent to an activating group) is 3. The smallest absolute Gasteiger partial charge is 0.239 e. The number of nitrogens with zero attached hydrogens (tertiary/aromatic N) is 5. The number of thioether (sulfide) groups is 1. The summed E-state index contributed by atoms with van der Waals surface area (Å²) in [6, 6.07) is 57.1. The summed E-state index contributed by atoms with van der Waals surface area (Å²) in [6.07, 6.45) is 4.13. The van der Waals surface area contributed by atoms with Gasteiger partial charge in [-0.25, -0.2) is 16.8 Å². The van der Waals surface area contributed by atoms with Gasteiger partial charge in [0.2, 0.25) is 22.8 Å². The third-order valence-electron chi connectivity index (χ3n) is 24.4. The summed E-state index contributed by atoms with van der Waals surface area (Å²) in [7, 11) is -4.50. The Bertz CT molecular complexity index is 5000. The third-order valence-corrected chi connectivity index (χ3v) is 32.3. The van der Waals surface area contributed by atoms with E-state index in [1.54, 1.807) is 65.2 Å². The van der Waals surface area contributed by atoms with E-state index in [1.807, 2.05) is 190 Å². The van der Waals surface area contributed by atoms with E-state index >= 15 is 0 Å². The van der Waals surface area contributed by atoms with Crippen LogP contribution < -0.4 is 5.73 Å². The number of ether oxygens (including phenoxy) is 2. The molecule has 3 aliphatic carbocycles. The molecule has 685 valence electrons. The summed E-state index contributed by atoms with van der Waals surface area (Å²) in [6.45, 7) is 45.4. The molecule has 3 aliphatic heterocycles. The second-order valence-corrected chi connectivity index (χ2v) is 52.1. The second kappa shape index (κ2) is 51.4. The Labute approximate surface area is 841 Å². The minimum Gasteiger partial charge on any atom is -0.670 e. The van der Waals surface area contributed by atoms with Crippen LogP contribution in [0.2, 0.25) is 51.4 Å². The van der Waals surface area contributed by atoms with E-state index < -0.39 is 69.8 Å². The molecule has 13 rings (SSSR count). The number of nitrogens with one attached hydrogen (secondary N) is 1. The topological polar surface area (TPSA) is 294 Å². The molecule has 3 heterocycles. The number of benzene rings is 7. The van der Waals surface area contributed by atoms with Gasteiger partial charge in [0.05, 0.1) is 39.2 Å². The van der Waals surface area contributed by atoms with E-state index in [4.69, 9.17) is 20.9 Å². The number of hydrogen-bond donors (Lipinski definition) is 1. The normalized spacial score (nSPS) is 23.2. The van der Waals surface area contributed by atoms with E-state index in [-0.39, 0.29) is 210 Å². The molecule has 7 aromatic carbocycles. The van der Waals surface area contributed by atoms with Gasteiger partial charge in [-0.2, -0.15) is 0 Å². The molecule has 3 saturated heterocycles. The van der Waals surface area contributed by atoms with Gasteiger partial charge in [-0.05, 0) is 202 Å². The molecule has 6 amide bonds. The summed E-state index contributed by atoms with van der Waals surface area (Å²) < 4.78 is 64.8. The largest absolute Gasteiger partial charge is 0.670 e. The molecule has 28 heteroatoms. The zero-order valence-electron chi connectivity index (χ0n) is 78.2. The Morgan fingerprint density at radius 2 is 0.764 bits per heavy atom. The van der Waals surface area contributed by atoms with Crippen molar-refractivity contribution >= 4 is 88.1 Å². The van der Waals surface area contributed by atoms with Gasteiger partial charge in [0.25, 0.3) is 0 Å². The van der Waals surface area contributed by atoms with Crippen molar-refractivity contribution in [3.63, 3.8) is 0 Å². The first-order chi connectivity index (χ1) is 58.5. The number of hydrogen-bond acceptors (Lipinski definition) is 15. The van der Waals surface area contributed by atoms with Crippen LogP contribution in [0, 0.1) is 48.9 Å². The van der Waals surface area contributed by atoms with Crippen LogP contribution in [0.25, 0.3) is 16.4 Å². The predicted molar refractivity (Wildman–Crippen MR) is 507 cm³/mol.